The highest BCUT2D eigenvalue weighted by Crippen LogP contribution is 2.21. The topological polar surface area (TPSA) is 90.3 Å². The van der Waals surface area contributed by atoms with Gasteiger partial charge in [-0.05, 0) is 25.1 Å². The number of nitrogens with zero attached hydrogens (tertiary/aromatic N) is 2. The van der Waals surface area contributed by atoms with Gasteiger partial charge in [0.1, 0.15) is 0 Å². The molecule has 0 spiro atoms. The van der Waals surface area contributed by atoms with Crippen LogP contribution in [0.1, 0.15) is 17.4 Å². The van der Waals surface area contributed by atoms with Crippen LogP contribution < -0.4 is 10.9 Å². The summed E-state index contributed by atoms with van der Waals surface area (Å²) in [7, 11) is 1.44. The predicted octanol–water partition coefficient (Wildman–Crippen LogP) is 2.77. The van der Waals surface area contributed by atoms with Gasteiger partial charge in [-0.1, -0.05) is 41.9 Å². The van der Waals surface area contributed by atoms with Crippen molar-refractivity contribution < 1.29 is 14.3 Å². The van der Waals surface area contributed by atoms with Crippen LogP contribution in [0.5, 0.6) is 0 Å². The third-order valence-corrected chi connectivity index (χ3v) is 4.26. The number of para-hydroxylation sites is 1. The Hall–Kier alpha value is -3.19. The van der Waals surface area contributed by atoms with Crippen LogP contribution in [0.25, 0.3) is 10.8 Å². The maximum Gasteiger partial charge on any atom is 0.360 e. The van der Waals surface area contributed by atoms with Crippen LogP contribution in [0.3, 0.4) is 0 Å². The molecule has 1 unspecified atom stereocenters. The molecule has 3 rings (SSSR count). The van der Waals surface area contributed by atoms with Crippen LogP contribution >= 0.6 is 11.6 Å². The fourth-order valence-electron chi connectivity index (χ4n) is 2.52. The summed E-state index contributed by atoms with van der Waals surface area (Å²) in [5.74, 6) is -1.34. The average molecular weight is 386 g/mol. The number of anilines is 1. The Kier molecular flexibility index (Phi) is 5.23. The first-order valence-corrected chi connectivity index (χ1v) is 8.48. The molecule has 1 N–H and O–H groups in total. The molecule has 0 aliphatic heterocycles. The lowest BCUT2D eigenvalue weighted by Crippen LogP contribution is -2.31. The molecule has 0 radical (unpaired) electrons. The highest BCUT2D eigenvalue weighted by molar-refractivity contribution is 6.33. The summed E-state index contributed by atoms with van der Waals surface area (Å²) < 4.78 is 6.30. The molecule has 138 valence electrons. The van der Waals surface area contributed by atoms with Gasteiger partial charge in [0, 0.05) is 12.4 Å². The van der Waals surface area contributed by atoms with E-state index in [1.54, 1.807) is 48.5 Å². The van der Waals surface area contributed by atoms with E-state index in [1.807, 2.05) is 0 Å². The number of fused-ring (bicyclic) bond motifs is 1. The number of aromatic nitrogens is 2. The Labute approximate surface area is 159 Å². The highest BCUT2D eigenvalue weighted by Gasteiger charge is 2.23. The largest absolute Gasteiger partial charge is 0.448 e. The van der Waals surface area contributed by atoms with Gasteiger partial charge in [0.15, 0.2) is 11.8 Å². The molecule has 1 aromatic heterocycles. The number of carbonyl (C=O) groups is 2. The van der Waals surface area contributed by atoms with Crippen molar-refractivity contribution in [1.29, 1.82) is 0 Å². The minimum atomic E-state index is -1.09. The van der Waals surface area contributed by atoms with E-state index >= 15 is 0 Å². The van der Waals surface area contributed by atoms with Crippen LogP contribution in [0.2, 0.25) is 5.02 Å². The first-order chi connectivity index (χ1) is 12.9. The van der Waals surface area contributed by atoms with Gasteiger partial charge in [0.05, 0.1) is 16.1 Å². The van der Waals surface area contributed by atoms with Crippen molar-refractivity contribution in [2.45, 2.75) is 13.0 Å². The van der Waals surface area contributed by atoms with E-state index < -0.39 is 18.0 Å². The second-order valence-corrected chi connectivity index (χ2v) is 6.25. The van der Waals surface area contributed by atoms with E-state index in [9.17, 15) is 14.4 Å². The monoisotopic (exact) mass is 385 g/mol. The van der Waals surface area contributed by atoms with E-state index in [-0.39, 0.29) is 11.3 Å². The van der Waals surface area contributed by atoms with Gasteiger partial charge in [0.25, 0.3) is 11.5 Å². The number of nitrogens with one attached hydrogen (secondary N) is 1. The van der Waals surface area contributed by atoms with Gasteiger partial charge < -0.3 is 10.1 Å². The van der Waals surface area contributed by atoms with Gasteiger partial charge in [-0.25, -0.2) is 9.48 Å². The predicted molar refractivity (Wildman–Crippen MR) is 102 cm³/mol. The van der Waals surface area contributed by atoms with Gasteiger partial charge in [-0.3, -0.25) is 9.59 Å². The Bertz CT molecular complexity index is 1090. The quantitative estimate of drug-likeness (QED) is 0.697. The third kappa shape index (κ3) is 3.83. The summed E-state index contributed by atoms with van der Waals surface area (Å²) in [5.41, 5.74) is 0.0505. The molecular formula is C19H16ClN3O4. The molecule has 0 saturated heterocycles. The number of benzene rings is 2. The van der Waals surface area contributed by atoms with E-state index in [1.165, 1.54) is 14.0 Å². The van der Waals surface area contributed by atoms with Crippen LogP contribution in [-0.2, 0) is 16.6 Å². The molecule has 0 saturated carbocycles. The van der Waals surface area contributed by atoms with Crippen LogP contribution in [0, 0.1) is 0 Å². The zero-order valence-electron chi connectivity index (χ0n) is 14.6. The number of aryl methyl sites for hydroxylation is 1. The maximum absolute atomic E-state index is 12.6. The van der Waals surface area contributed by atoms with Crippen molar-refractivity contribution in [2.24, 2.45) is 7.05 Å². The molecular weight excluding hydrogens is 370 g/mol. The Morgan fingerprint density at radius 2 is 1.74 bits per heavy atom. The molecule has 1 atom stereocenters. The number of ether oxygens (including phenoxy) is 1. The Balaban J connectivity index is 1.82. The van der Waals surface area contributed by atoms with E-state index in [4.69, 9.17) is 16.3 Å². The summed E-state index contributed by atoms with van der Waals surface area (Å²) >= 11 is 6.01. The first-order valence-electron chi connectivity index (χ1n) is 8.11. The first kappa shape index (κ1) is 18.6. The maximum atomic E-state index is 12.6. The molecule has 2 aromatic carbocycles. The number of carbonyl (C=O) groups excluding carboxylic acids is 2. The van der Waals surface area contributed by atoms with E-state index in [2.05, 4.69) is 10.4 Å². The van der Waals surface area contributed by atoms with Gasteiger partial charge >= 0.3 is 5.97 Å². The Morgan fingerprint density at radius 3 is 2.44 bits per heavy atom. The van der Waals surface area contributed by atoms with Crippen molar-refractivity contribution in [3.05, 3.63) is 69.6 Å². The summed E-state index contributed by atoms with van der Waals surface area (Å²) in [6.45, 7) is 1.44. The number of halogens is 1. The molecule has 7 nitrogen and oxygen atoms in total. The highest BCUT2D eigenvalue weighted by atomic mass is 35.5. The van der Waals surface area contributed by atoms with E-state index in [0.29, 0.717) is 21.5 Å². The van der Waals surface area contributed by atoms with Gasteiger partial charge in [-0.2, -0.15) is 5.10 Å². The standard InChI is InChI=1S/C19H16ClN3O4/c1-11(17(24)21-15-10-6-5-9-14(15)20)27-19(26)16-12-7-3-4-8-13(12)18(25)23(2)22-16/h3-11H,1-2H3,(H,21,24). The lowest BCUT2D eigenvalue weighted by molar-refractivity contribution is -0.123. The second kappa shape index (κ2) is 7.59. The number of esters is 1. The van der Waals surface area contributed by atoms with E-state index in [0.717, 1.165) is 4.68 Å². The molecule has 1 heterocycles. The van der Waals surface area contributed by atoms with Crippen LogP contribution in [0.15, 0.2) is 53.3 Å². The molecule has 8 heteroatoms. The molecule has 0 aliphatic rings. The third-order valence-electron chi connectivity index (χ3n) is 3.93. The summed E-state index contributed by atoms with van der Waals surface area (Å²) in [4.78, 5) is 37.0. The normalized spacial score (nSPS) is 11.8. The molecule has 0 aliphatic carbocycles. The zero-order chi connectivity index (χ0) is 19.6. The lowest BCUT2D eigenvalue weighted by atomic mass is 10.1. The number of rotatable bonds is 4. The fourth-order valence-corrected chi connectivity index (χ4v) is 2.70. The number of hydrogen-bond acceptors (Lipinski definition) is 5. The second-order valence-electron chi connectivity index (χ2n) is 5.84. The zero-order valence-corrected chi connectivity index (χ0v) is 15.4. The molecule has 0 bridgehead atoms. The molecule has 1 amide bonds. The summed E-state index contributed by atoms with van der Waals surface area (Å²) in [5, 5.41) is 7.67. The summed E-state index contributed by atoms with van der Waals surface area (Å²) in [6, 6.07) is 13.3. The average Bonchev–Trinajstić information content (AvgIpc) is 2.66. The molecule has 27 heavy (non-hydrogen) atoms. The number of hydrogen-bond donors (Lipinski definition) is 1. The van der Waals surface area contributed by atoms with Crippen molar-refractivity contribution >= 4 is 39.9 Å². The van der Waals surface area contributed by atoms with Crippen molar-refractivity contribution in [2.75, 3.05) is 5.32 Å². The SMILES string of the molecule is CC(OC(=O)c1nn(C)c(=O)c2ccccc12)C(=O)Nc1ccccc1Cl. The van der Waals surface area contributed by atoms with Crippen molar-refractivity contribution in [3.63, 3.8) is 0 Å². The smallest absolute Gasteiger partial charge is 0.360 e. The fraction of sp³-hybridized carbons (Fsp3) is 0.158. The van der Waals surface area contributed by atoms with Crippen molar-refractivity contribution in [1.82, 2.24) is 9.78 Å². The minimum absolute atomic E-state index is 0.0370. The van der Waals surface area contributed by atoms with Gasteiger partial charge in [0.2, 0.25) is 0 Å². The lowest BCUT2D eigenvalue weighted by Gasteiger charge is -2.15. The van der Waals surface area contributed by atoms with Crippen LogP contribution in [0.4, 0.5) is 5.69 Å². The number of amides is 1. The van der Waals surface area contributed by atoms with Crippen molar-refractivity contribution in [3.8, 4) is 0 Å². The molecule has 0 fully saturated rings. The van der Waals surface area contributed by atoms with Crippen LogP contribution in [-0.4, -0.2) is 27.8 Å². The molecule has 3 aromatic rings. The van der Waals surface area contributed by atoms with Gasteiger partial charge in [-0.15, -0.1) is 0 Å². The summed E-state index contributed by atoms with van der Waals surface area (Å²) in [6.07, 6.45) is -1.09. The Morgan fingerprint density at radius 1 is 1.11 bits per heavy atom. The minimum Gasteiger partial charge on any atom is -0.448 e.